The topological polar surface area (TPSA) is 65.3 Å². The first-order valence-corrected chi connectivity index (χ1v) is 6.64. The Labute approximate surface area is 115 Å². The van der Waals surface area contributed by atoms with Gasteiger partial charge in [-0.15, -0.1) is 0 Å². The fraction of sp³-hybridized carbons (Fsp3) is 0.462. The van der Waals surface area contributed by atoms with Gasteiger partial charge in [0, 0.05) is 0 Å². The van der Waals surface area contributed by atoms with Crippen LogP contribution in [-0.2, 0) is 0 Å². The Hall–Kier alpha value is -1.25. The molecule has 1 unspecified atom stereocenters. The minimum absolute atomic E-state index is 0.0557. The molecule has 1 aliphatic carbocycles. The summed E-state index contributed by atoms with van der Waals surface area (Å²) in [5.41, 5.74) is 0.791. The van der Waals surface area contributed by atoms with Gasteiger partial charge in [0.15, 0.2) is 11.5 Å². The normalized spacial score (nSPS) is 16.1. The van der Waals surface area contributed by atoms with Crippen LogP contribution in [0, 0.1) is 17.2 Å². The van der Waals surface area contributed by atoms with Crippen LogP contribution in [0.3, 0.4) is 0 Å². The number of benzene rings is 1. The van der Waals surface area contributed by atoms with Crippen molar-refractivity contribution in [2.75, 3.05) is 13.7 Å². The van der Waals surface area contributed by atoms with Crippen molar-refractivity contribution in [1.82, 2.24) is 5.32 Å². The predicted octanol–water partition coefficient (Wildman–Crippen LogP) is 2.73. The molecule has 0 heterocycles. The molecule has 0 spiro atoms. The van der Waals surface area contributed by atoms with Gasteiger partial charge in [-0.2, -0.15) is 5.26 Å². The van der Waals surface area contributed by atoms with Crippen molar-refractivity contribution in [3.8, 4) is 17.6 Å². The Morgan fingerprint density at radius 2 is 2.33 bits per heavy atom. The van der Waals surface area contributed by atoms with Crippen LogP contribution in [0.1, 0.15) is 24.4 Å². The predicted molar refractivity (Wildman–Crippen MR) is 71.4 cm³/mol. The smallest absolute Gasteiger partial charge is 0.172 e. The Balaban J connectivity index is 2.18. The van der Waals surface area contributed by atoms with E-state index in [1.165, 1.54) is 20.0 Å². The standard InChI is InChI=1S/C13H15BrN2O2/c1-18-12-5-9(4-10(14)13(12)17)11(6-15)16-7-8-2-3-8/h4-5,8,11,16-17H,2-3,7H2,1H3. The highest BCUT2D eigenvalue weighted by Gasteiger charge is 2.23. The highest BCUT2D eigenvalue weighted by molar-refractivity contribution is 9.10. The summed E-state index contributed by atoms with van der Waals surface area (Å²) >= 11 is 3.26. The molecule has 0 aliphatic heterocycles. The van der Waals surface area contributed by atoms with Crippen molar-refractivity contribution in [1.29, 1.82) is 5.26 Å². The number of nitriles is 1. The second kappa shape index (κ2) is 5.59. The maximum Gasteiger partial charge on any atom is 0.172 e. The van der Waals surface area contributed by atoms with Crippen molar-refractivity contribution in [2.24, 2.45) is 5.92 Å². The Kier molecular flexibility index (Phi) is 4.10. The molecule has 18 heavy (non-hydrogen) atoms. The molecular formula is C13H15BrN2O2. The van der Waals surface area contributed by atoms with Gasteiger partial charge in [-0.1, -0.05) is 0 Å². The van der Waals surface area contributed by atoms with E-state index in [0.29, 0.717) is 16.1 Å². The second-order valence-electron chi connectivity index (χ2n) is 4.47. The van der Waals surface area contributed by atoms with Gasteiger partial charge in [-0.3, -0.25) is 5.32 Å². The van der Waals surface area contributed by atoms with Crippen molar-refractivity contribution in [3.63, 3.8) is 0 Å². The monoisotopic (exact) mass is 310 g/mol. The van der Waals surface area contributed by atoms with Gasteiger partial charge in [0.25, 0.3) is 0 Å². The molecule has 96 valence electrons. The summed E-state index contributed by atoms with van der Waals surface area (Å²) < 4.78 is 5.61. The summed E-state index contributed by atoms with van der Waals surface area (Å²) in [6, 6.07) is 5.28. The first-order valence-electron chi connectivity index (χ1n) is 5.85. The first-order chi connectivity index (χ1) is 8.65. The minimum Gasteiger partial charge on any atom is -0.503 e. The van der Waals surface area contributed by atoms with E-state index in [0.717, 1.165) is 12.1 Å². The number of ether oxygens (including phenoxy) is 1. The highest BCUT2D eigenvalue weighted by Crippen LogP contribution is 2.37. The molecule has 2 rings (SSSR count). The van der Waals surface area contributed by atoms with E-state index >= 15 is 0 Å². The third kappa shape index (κ3) is 2.95. The Morgan fingerprint density at radius 1 is 1.61 bits per heavy atom. The summed E-state index contributed by atoms with van der Waals surface area (Å²) in [6.07, 6.45) is 2.49. The third-order valence-electron chi connectivity index (χ3n) is 3.04. The van der Waals surface area contributed by atoms with Crippen LogP contribution in [0.25, 0.3) is 0 Å². The van der Waals surface area contributed by atoms with Gasteiger partial charge in [-0.25, -0.2) is 0 Å². The van der Waals surface area contributed by atoms with E-state index in [1.807, 2.05) is 0 Å². The van der Waals surface area contributed by atoms with Crippen LogP contribution in [-0.4, -0.2) is 18.8 Å². The van der Waals surface area contributed by atoms with Crippen LogP contribution < -0.4 is 10.1 Å². The zero-order valence-corrected chi connectivity index (χ0v) is 11.7. The fourth-order valence-electron chi connectivity index (χ4n) is 1.76. The number of rotatable bonds is 5. The number of hydrogen-bond acceptors (Lipinski definition) is 4. The molecule has 1 aromatic carbocycles. The lowest BCUT2D eigenvalue weighted by molar-refractivity contribution is 0.371. The van der Waals surface area contributed by atoms with Gasteiger partial charge in [0.2, 0.25) is 0 Å². The van der Waals surface area contributed by atoms with Crippen LogP contribution in [0.2, 0.25) is 0 Å². The number of nitrogens with zero attached hydrogens (tertiary/aromatic N) is 1. The molecule has 2 N–H and O–H groups in total. The first kappa shape index (κ1) is 13.2. The summed E-state index contributed by atoms with van der Waals surface area (Å²) in [6.45, 7) is 0.860. The largest absolute Gasteiger partial charge is 0.503 e. The molecule has 1 atom stereocenters. The van der Waals surface area contributed by atoms with E-state index in [4.69, 9.17) is 4.74 Å². The molecular weight excluding hydrogens is 296 g/mol. The van der Waals surface area contributed by atoms with E-state index in [1.54, 1.807) is 12.1 Å². The SMILES string of the molecule is COc1cc(C(C#N)NCC2CC2)cc(Br)c1O. The Bertz CT molecular complexity index is 481. The molecule has 0 saturated heterocycles. The quantitative estimate of drug-likeness (QED) is 0.877. The van der Waals surface area contributed by atoms with Gasteiger partial charge in [0.05, 0.1) is 17.7 Å². The minimum atomic E-state index is -0.378. The molecule has 0 amide bonds. The summed E-state index contributed by atoms with van der Waals surface area (Å²) in [5.74, 6) is 1.14. The van der Waals surface area contributed by atoms with E-state index in [2.05, 4.69) is 27.3 Å². The maximum absolute atomic E-state index is 9.73. The number of hydrogen-bond donors (Lipinski definition) is 2. The van der Waals surface area contributed by atoms with Crippen molar-refractivity contribution < 1.29 is 9.84 Å². The number of nitrogens with one attached hydrogen (secondary N) is 1. The summed E-state index contributed by atoms with van der Waals surface area (Å²) in [7, 11) is 1.49. The zero-order valence-electron chi connectivity index (χ0n) is 10.1. The van der Waals surface area contributed by atoms with Crippen LogP contribution in [0.4, 0.5) is 0 Å². The van der Waals surface area contributed by atoms with E-state index in [9.17, 15) is 10.4 Å². The zero-order chi connectivity index (χ0) is 13.1. The lowest BCUT2D eigenvalue weighted by atomic mass is 10.1. The van der Waals surface area contributed by atoms with Gasteiger partial charge in [-0.05, 0) is 58.9 Å². The average molecular weight is 311 g/mol. The number of aromatic hydroxyl groups is 1. The van der Waals surface area contributed by atoms with E-state index in [-0.39, 0.29) is 11.8 Å². The van der Waals surface area contributed by atoms with Crippen molar-refractivity contribution >= 4 is 15.9 Å². The Morgan fingerprint density at radius 3 is 2.89 bits per heavy atom. The molecule has 0 aromatic heterocycles. The molecule has 1 saturated carbocycles. The molecule has 5 heteroatoms. The van der Waals surface area contributed by atoms with E-state index < -0.39 is 0 Å². The molecule has 0 bridgehead atoms. The molecule has 4 nitrogen and oxygen atoms in total. The highest BCUT2D eigenvalue weighted by atomic mass is 79.9. The van der Waals surface area contributed by atoms with Crippen LogP contribution in [0.15, 0.2) is 16.6 Å². The third-order valence-corrected chi connectivity index (χ3v) is 3.65. The molecule has 0 radical (unpaired) electrons. The number of methoxy groups -OCH3 is 1. The molecule has 1 aromatic rings. The molecule has 1 aliphatic rings. The number of halogens is 1. The van der Waals surface area contributed by atoms with Crippen LogP contribution >= 0.6 is 15.9 Å². The van der Waals surface area contributed by atoms with Crippen molar-refractivity contribution in [2.45, 2.75) is 18.9 Å². The van der Waals surface area contributed by atoms with Gasteiger partial charge in [0.1, 0.15) is 6.04 Å². The van der Waals surface area contributed by atoms with Gasteiger partial charge >= 0.3 is 0 Å². The number of phenols is 1. The summed E-state index contributed by atoms with van der Waals surface area (Å²) in [4.78, 5) is 0. The number of phenolic OH excluding ortho intramolecular Hbond substituents is 1. The fourth-order valence-corrected chi connectivity index (χ4v) is 2.22. The lowest BCUT2D eigenvalue weighted by Gasteiger charge is -2.14. The average Bonchev–Trinajstić information content (AvgIpc) is 3.18. The maximum atomic E-state index is 9.73. The lowest BCUT2D eigenvalue weighted by Crippen LogP contribution is -2.22. The van der Waals surface area contributed by atoms with Crippen LogP contribution in [0.5, 0.6) is 11.5 Å². The van der Waals surface area contributed by atoms with Gasteiger partial charge < -0.3 is 9.84 Å². The summed E-state index contributed by atoms with van der Waals surface area (Å²) in [5, 5.41) is 22.2. The second-order valence-corrected chi connectivity index (χ2v) is 5.32. The molecule has 1 fully saturated rings. The van der Waals surface area contributed by atoms with Crippen molar-refractivity contribution in [3.05, 3.63) is 22.2 Å².